The third kappa shape index (κ3) is 4.87. The maximum Gasteiger partial charge on any atom is 0.0330 e. The molecule has 1 atom stereocenters. The number of thiophene rings is 1. The van der Waals surface area contributed by atoms with Crippen molar-refractivity contribution in [3.05, 3.63) is 52.2 Å². The minimum Gasteiger partial charge on any atom is -0.399 e. The van der Waals surface area contributed by atoms with Gasteiger partial charge in [0.15, 0.2) is 0 Å². The molecule has 0 bridgehead atoms. The van der Waals surface area contributed by atoms with Crippen molar-refractivity contribution in [1.29, 1.82) is 0 Å². The topological polar surface area (TPSA) is 29.3 Å². The van der Waals surface area contributed by atoms with E-state index in [1.54, 1.807) is 0 Å². The fourth-order valence-electron chi connectivity index (χ4n) is 2.47. The van der Waals surface area contributed by atoms with Crippen LogP contribution in [0.4, 0.5) is 5.69 Å². The van der Waals surface area contributed by atoms with E-state index >= 15 is 0 Å². The fraction of sp³-hybridized carbons (Fsp3) is 0.444. The molecular weight excluding hydrogens is 276 g/mol. The Morgan fingerprint density at radius 3 is 2.38 bits per heavy atom. The smallest absolute Gasteiger partial charge is 0.0330 e. The molecule has 0 saturated heterocycles. The Kier molecular flexibility index (Phi) is 5.83. The molecule has 2 aromatic rings. The van der Waals surface area contributed by atoms with Crippen molar-refractivity contribution >= 4 is 17.0 Å². The molecule has 114 valence electrons. The Morgan fingerprint density at radius 1 is 1.10 bits per heavy atom. The summed E-state index contributed by atoms with van der Waals surface area (Å²) in [6.45, 7) is 9.04. The number of nitrogen functional groups attached to an aromatic ring is 1. The lowest BCUT2D eigenvalue weighted by molar-refractivity contribution is 0.208. The second-order valence-corrected chi connectivity index (χ2v) is 7.03. The minimum absolute atomic E-state index is 0.565. The summed E-state index contributed by atoms with van der Waals surface area (Å²) < 4.78 is 0. The predicted octanol–water partition coefficient (Wildman–Crippen LogP) is 4.73. The molecule has 0 amide bonds. The first kappa shape index (κ1) is 16.1. The number of anilines is 1. The number of benzene rings is 1. The molecule has 0 aliphatic rings. The van der Waals surface area contributed by atoms with Crippen LogP contribution in [0.15, 0.2) is 41.8 Å². The molecule has 2 nitrogen and oxygen atoms in total. The zero-order chi connectivity index (χ0) is 15.2. The summed E-state index contributed by atoms with van der Waals surface area (Å²) in [7, 11) is 0. The molecule has 0 radical (unpaired) electrons. The van der Waals surface area contributed by atoms with Crippen molar-refractivity contribution in [2.45, 2.75) is 45.7 Å². The average Bonchev–Trinajstić information content (AvgIpc) is 2.96. The van der Waals surface area contributed by atoms with Crippen LogP contribution in [0, 0.1) is 0 Å². The van der Waals surface area contributed by atoms with Crippen LogP contribution in [0.3, 0.4) is 0 Å². The average molecular weight is 302 g/mol. The SMILES string of the molecule is CC(CCN(Cc1cccs1)C(C)C)c1ccc(N)cc1. The number of hydrogen-bond donors (Lipinski definition) is 1. The number of nitrogens with zero attached hydrogens (tertiary/aromatic N) is 1. The van der Waals surface area contributed by atoms with Gasteiger partial charge in [-0.15, -0.1) is 11.3 Å². The first-order chi connectivity index (χ1) is 10.1. The Bertz CT molecular complexity index is 517. The molecule has 2 N–H and O–H groups in total. The quantitative estimate of drug-likeness (QED) is 0.749. The zero-order valence-electron chi connectivity index (χ0n) is 13.3. The zero-order valence-corrected chi connectivity index (χ0v) is 14.1. The van der Waals surface area contributed by atoms with Gasteiger partial charge in [-0.3, -0.25) is 4.90 Å². The van der Waals surface area contributed by atoms with E-state index in [1.165, 1.54) is 16.9 Å². The lowest BCUT2D eigenvalue weighted by Gasteiger charge is -2.27. The fourth-order valence-corrected chi connectivity index (χ4v) is 3.20. The molecule has 0 fully saturated rings. The minimum atomic E-state index is 0.565. The molecule has 1 aromatic carbocycles. The Labute approximate surface area is 132 Å². The van der Waals surface area contributed by atoms with Crippen molar-refractivity contribution in [3.63, 3.8) is 0 Å². The van der Waals surface area contributed by atoms with Crippen molar-refractivity contribution in [2.75, 3.05) is 12.3 Å². The highest BCUT2D eigenvalue weighted by molar-refractivity contribution is 7.09. The van der Waals surface area contributed by atoms with Crippen LogP contribution in [0.2, 0.25) is 0 Å². The molecule has 0 aliphatic heterocycles. The molecule has 0 spiro atoms. The van der Waals surface area contributed by atoms with Gasteiger partial charge < -0.3 is 5.73 Å². The van der Waals surface area contributed by atoms with Crippen LogP contribution in [0.25, 0.3) is 0 Å². The Morgan fingerprint density at radius 2 is 1.81 bits per heavy atom. The first-order valence-corrected chi connectivity index (χ1v) is 8.56. The van der Waals surface area contributed by atoms with Gasteiger partial charge in [-0.25, -0.2) is 0 Å². The van der Waals surface area contributed by atoms with Gasteiger partial charge in [-0.05, 0) is 61.9 Å². The summed E-state index contributed by atoms with van der Waals surface area (Å²) in [4.78, 5) is 4.00. The third-order valence-electron chi connectivity index (χ3n) is 4.02. The van der Waals surface area contributed by atoms with Crippen LogP contribution in [-0.2, 0) is 6.54 Å². The number of nitrogens with two attached hydrogens (primary N) is 1. The van der Waals surface area contributed by atoms with Gasteiger partial charge in [0.05, 0.1) is 0 Å². The molecular formula is C18H26N2S. The van der Waals surface area contributed by atoms with Gasteiger partial charge in [-0.1, -0.05) is 25.1 Å². The van der Waals surface area contributed by atoms with E-state index in [0.29, 0.717) is 12.0 Å². The standard InChI is InChI=1S/C18H26N2S/c1-14(2)20(13-18-5-4-12-21-18)11-10-15(3)16-6-8-17(19)9-7-16/h4-9,12,14-15H,10-11,13,19H2,1-3H3. The number of rotatable bonds is 7. The maximum atomic E-state index is 5.76. The molecule has 3 heteroatoms. The summed E-state index contributed by atoms with van der Waals surface area (Å²) >= 11 is 1.85. The molecule has 21 heavy (non-hydrogen) atoms. The van der Waals surface area contributed by atoms with E-state index in [4.69, 9.17) is 5.73 Å². The van der Waals surface area contributed by atoms with Gasteiger partial charge in [0.1, 0.15) is 0 Å². The highest BCUT2D eigenvalue weighted by atomic mass is 32.1. The van der Waals surface area contributed by atoms with Crippen molar-refractivity contribution in [1.82, 2.24) is 4.90 Å². The second-order valence-electron chi connectivity index (χ2n) is 6.00. The summed E-state index contributed by atoms with van der Waals surface area (Å²) in [5, 5.41) is 2.16. The molecule has 1 aromatic heterocycles. The summed E-state index contributed by atoms with van der Waals surface area (Å²) in [6.07, 6.45) is 1.17. The van der Waals surface area contributed by atoms with E-state index < -0.39 is 0 Å². The maximum absolute atomic E-state index is 5.76. The molecule has 0 saturated carbocycles. The molecule has 0 aliphatic carbocycles. The van der Waals surface area contributed by atoms with Crippen molar-refractivity contribution in [3.8, 4) is 0 Å². The first-order valence-electron chi connectivity index (χ1n) is 7.68. The molecule has 1 heterocycles. The monoisotopic (exact) mass is 302 g/mol. The van der Waals surface area contributed by atoms with E-state index in [1.807, 2.05) is 23.5 Å². The molecule has 1 unspecified atom stereocenters. The van der Waals surface area contributed by atoms with Crippen LogP contribution < -0.4 is 5.73 Å². The predicted molar refractivity (Wildman–Crippen MR) is 93.8 cm³/mol. The normalized spacial score (nSPS) is 13.0. The van der Waals surface area contributed by atoms with Crippen LogP contribution in [0.5, 0.6) is 0 Å². The van der Waals surface area contributed by atoms with Gasteiger partial charge in [0.2, 0.25) is 0 Å². The van der Waals surface area contributed by atoms with E-state index in [-0.39, 0.29) is 0 Å². The van der Waals surface area contributed by atoms with Gasteiger partial charge in [0.25, 0.3) is 0 Å². The Hall–Kier alpha value is -1.32. The van der Waals surface area contributed by atoms with E-state index in [2.05, 4.69) is 55.3 Å². The van der Waals surface area contributed by atoms with Gasteiger partial charge in [-0.2, -0.15) is 0 Å². The highest BCUT2D eigenvalue weighted by Crippen LogP contribution is 2.22. The van der Waals surface area contributed by atoms with Crippen molar-refractivity contribution in [2.24, 2.45) is 0 Å². The summed E-state index contributed by atoms with van der Waals surface area (Å²) in [5.41, 5.74) is 7.98. The summed E-state index contributed by atoms with van der Waals surface area (Å²) in [5.74, 6) is 0.565. The highest BCUT2D eigenvalue weighted by Gasteiger charge is 2.13. The number of hydrogen-bond acceptors (Lipinski definition) is 3. The van der Waals surface area contributed by atoms with Crippen LogP contribution >= 0.6 is 11.3 Å². The van der Waals surface area contributed by atoms with E-state index in [9.17, 15) is 0 Å². The van der Waals surface area contributed by atoms with Crippen LogP contribution in [-0.4, -0.2) is 17.5 Å². The third-order valence-corrected chi connectivity index (χ3v) is 4.89. The Balaban J connectivity index is 1.90. The lowest BCUT2D eigenvalue weighted by Crippen LogP contribution is -2.31. The van der Waals surface area contributed by atoms with Gasteiger partial charge in [0, 0.05) is 23.2 Å². The van der Waals surface area contributed by atoms with Crippen molar-refractivity contribution < 1.29 is 0 Å². The van der Waals surface area contributed by atoms with Gasteiger partial charge >= 0.3 is 0 Å². The van der Waals surface area contributed by atoms with E-state index in [0.717, 1.165) is 18.8 Å². The lowest BCUT2D eigenvalue weighted by atomic mass is 9.97. The van der Waals surface area contributed by atoms with Crippen LogP contribution in [0.1, 0.15) is 43.6 Å². The summed E-state index contributed by atoms with van der Waals surface area (Å²) in [6, 6.07) is 13.2. The largest absolute Gasteiger partial charge is 0.399 e. The second kappa shape index (κ2) is 7.62. The molecule has 2 rings (SSSR count).